The molecule has 2 amide bonds. The largest absolute Gasteiger partial charge is 0.497 e. The third kappa shape index (κ3) is 3.09. The first-order valence-electron chi connectivity index (χ1n) is 8.91. The molecule has 2 heterocycles. The van der Waals surface area contributed by atoms with Crippen LogP contribution < -0.4 is 10.1 Å². The van der Waals surface area contributed by atoms with Crippen molar-refractivity contribution in [2.24, 2.45) is 7.05 Å². The minimum absolute atomic E-state index is 0.135. The Hall–Kier alpha value is -3.09. The van der Waals surface area contributed by atoms with Crippen molar-refractivity contribution in [2.75, 3.05) is 19.0 Å². The van der Waals surface area contributed by atoms with Gasteiger partial charge in [-0.1, -0.05) is 12.1 Å². The van der Waals surface area contributed by atoms with Crippen molar-refractivity contribution >= 4 is 22.8 Å². The number of carbonyl (C=O) groups is 1. The van der Waals surface area contributed by atoms with Gasteiger partial charge in [-0.05, 0) is 37.1 Å². The Morgan fingerprint density at radius 2 is 2.11 bits per heavy atom. The zero-order valence-corrected chi connectivity index (χ0v) is 15.3. The summed E-state index contributed by atoms with van der Waals surface area (Å²) in [5.41, 5.74) is 2.07. The fourth-order valence-corrected chi connectivity index (χ4v) is 3.65. The van der Waals surface area contributed by atoms with E-state index in [1.807, 2.05) is 35.9 Å². The predicted molar refractivity (Wildman–Crippen MR) is 101 cm³/mol. The number of likely N-dealkylation sites (tertiary alicyclic amines) is 1. The second kappa shape index (κ2) is 6.90. The van der Waals surface area contributed by atoms with E-state index in [1.54, 1.807) is 11.0 Å². The molecule has 7 heteroatoms. The highest BCUT2D eigenvalue weighted by Crippen LogP contribution is 2.33. The van der Waals surface area contributed by atoms with Crippen LogP contribution in [0.1, 0.15) is 24.7 Å². The van der Waals surface area contributed by atoms with Gasteiger partial charge in [0.15, 0.2) is 0 Å². The quantitative estimate of drug-likeness (QED) is 0.757. The number of ether oxygens (including phenoxy) is 1. The number of para-hydroxylation sites is 2. The van der Waals surface area contributed by atoms with Crippen LogP contribution in [0.5, 0.6) is 5.75 Å². The van der Waals surface area contributed by atoms with E-state index in [0.29, 0.717) is 12.3 Å². The number of rotatable bonds is 3. The van der Waals surface area contributed by atoms with E-state index in [2.05, 4.69) is 5.32 Å². The Labute approximate surface area is 156 Å². The van der Waals surface area contributed by atoms with Crippen LogP contribution in [0.2, 0.25) is 0 Å². The third-order valence-electron chi connectivity index (χ3n) is 5.05. The maximum Gasteiger partial charge on any atom is 0.322 e. The predicted octanol–water partition coefficient (Wildman–Crippen LogP) is 4.09. The van der Waals surface area contributed by atoms with Gasteiger partial charge in [-0.2, -0.15) is 0 Å². The molecule has 0 radical (unpaired) electrons. The van der Waals surface area contributed by atoms with Crippen LogP contribution in [0.3, 0.4) is 0 Å². The van der Waals surface area contributed by atoms with E-state index in [-0.39, 0.29) is 17.8 Å². The molecule has 1 aromatic heterocycles. The van der Waals surface area contributed by atoms with Gasteiger partial charge in [0.1, 0.15) is 17.4 Å². The summed E-state index contributed by atoms with van der Waals surface area (Å²) in [7, 11) is 3.43. The van der Waals surface area contributed by atoms with E-state index in [4.69, 9.17) is 9.72 Å². The minimum atomic E-state index is -0.527. The van der Waals surface area contributed by atoms with Crippen LogP contribution in [0.4, 0.5) is 14.9 Å². The number of amides is 2. The van der Waals surface area contributed by atoms with Crippen molar-refractivity contribution in [3.05, 3.63) is 54.1 Å². The summed E-state index contributed by atoms with van der Waals surface area (Å²) in [6, 6.07) is 11.8. The van der Waals surface area contributed by atoms with Crippen molar-refractivity contribution in [3.63, 3.8) is 0 Å². The lowest BCUT2D eigenvalue weighted by Crippen LogP contribution is -2.35. The molecule has 1 saturated heterocycles. The highest BCUT2D eigenvalue weighted by Gasteiger charge is 2.33. The number of urea groups is 1. The number of methoxy groups -OCH3 is 1. The van der Waals surface area contributed by atoms with Gasteiger partial charge in [-0.25, -0.2) is 14.2 Å². The number of hydrogen-bond donors (Lipinski definition) is 1. The molecule has 0 spiro atoms. The van der Waals surface area contributed by atoms with Crippen LogP contribution in [0, 0.1) is 5.82 Å². The molecular weight excluding hydrogens is 347 g/mol. The molecule has 1 aliphatic rings. The van der Waals surface area contributed by atoms with Gasteiger partial charge in [-0.15, -0.1) is 0 Å². The molecule has 1 N–H and O–H groups in total. The lowest BCUT2D eigenvalue weighted by Gasteiger charge is -2.24. The summed E-state index contributed by atoms with van der Waals surface area (Å²) in [5.74, 6) is 0.726. The van der Waals surface area contributed by atoms with Crippen LogP contribution in [-0.2, 0) is 7.05 Å². The van der Waals surface area contributed by atoms with Crippen molar-refractivity contribution in [3.8, 4) is 5.75 Å². The van der Waals surface area contributed by atoms with Crippen molar-refractivity contribution in [1.29, 1.82) is 0 Å². The minimum Gasteiger partial charge on any atom is -0.497 e. The summed E-state index contributed by atoms with van der Waals surface area (Å²) in [4.78, 5) is 19.3. The first kappa shape index (κ1) is 17.3. The Morgan fingerprint density at radius 3 is 2.85 bits per heavy atom. The van der Waals surface area contributed by atoms with Crippen molar-refractivity contribution in [1.82, 2.24) is 14.5 Å². The Morgan fingerprint density at radius 1 is 1.30 bits per heavy atom. The maximum absolute atomic E-state index is 14.2. The molecule has 2 aromatic carbocycles. The molecule has 0 saturated carbocycles. The summed E-state index contributed by atoms with van der Waals surface area (Å²) >= 11 is 0. The molecule has 6 nitrogen and oxygen atoms in total. The maximum atomic E-state index is 14.2. The third-order valence-corrected chi connectivity index (χ3v) is 5.05. The van der Waals surface area contributed by atoms with Gasteiger partial charge >= 0.3 is 6.03 Å². The molecule has 1 unspecified atom stereocenters. The number of fused-ring (bicyclic) bond motifs is 1. The molecule has 1 atom stereocenters. The normalized spacial score (nSPS) is 16.7. The first-order valence-corrected chi connectivity index (χ1v) is 8.91. The van der Waals surface area contributed by atoms with Crippen LogP contribution >= 0.6 is 0 Å². The van der Waals surface area contributed by atoms with E-state index in [1.165, 1.54) is 19.2 Å². The zero-order chi connectivity index (χ0) is 19.0. The SMILES string of the molecule is COc1ccc(NC(=O)N2CCCC2c2nc3ccccc3n2C)c(F)c1. The molecule has 4 rings (SSSR count). The molecule has 1 aliphatic heterocycles. The number of hydrogen-bond acceptors (Lipinski definition) is 3. The second-order valence-corrected chi connectivity index (χ2v) is 6.65. The molecule has 0 aliphatic carbocycles. The average molecular weight is 368 g/mol. The van der Waals surface area contributed by atoms with Crippen molar-refractivity contribution < 1.29 is 13.9 Å². The molecule has 3 aromatic rings. The fourth-order valence-electron chi connectivity index (χ4n) is 3.65. The number of carbonyl (C=O) groups excluding carboxylic acids is 1. The standard InChI is InChI=1S/C20H21FN4O2/c1-24-17-7-4-3-6-16(17)22-19(24)18-8-5-11-25(18)20(26)23-15-10-9-13(27-2)12-14(15)21/h3-4,6-7,9-10,12,18H,5,8,11H2,1-2H3,(H,23,26). The lowest BCUT2D eigenvalue weighted by atomic mass is 10.2. The zero-order valence-electron chi connectivity index (χ0n) is 15.3. The van der Waals surface area contributed by atoms with Crippen LogP contribution in [0.25, 0.3) is 11.0 Å². The van der Waals surface area contributed by atoms with Gasteiger partial charge in [0.25, 0.3) is 0 Å². The molecule has 27 heavy (non-hydrogen) atoms. The highest BCUT2D eigenvalue weighted by molar-refractivity contribution is 5.90. The number of aryl methyl sites for hydroxylation is 1. The van der Waals surface area contributed by atoms with Crippen LogP contribution in [0.15, 0.2) is 42.5 Å². The number of halogens is 1. The summed E-state index contributed by atoms with van der Waals surface area (Å²) in [5, 5.41) is 2.68. The number of benzene rings is 2. The highest BCUT2D eigenvalue weighted by atomic mass is 19.1. The van der Waals surface area contributed by atoms with E-state index >= 15 is 0 Å². The van der Waals surface area contributed by atoms with E-state index in [9.17, 15) is 9.18 Å². The second-order valence-electron chi connectivity index (χ2n) is 6.65. The van der Waals surface area contributed by atoms with Gasteiger partial charge in [-0.3, -0.25) is 0 Å². The summed E-state index contributed by atoms with van der Waals surface area (Å²) < 4.78 is 21.2. The summed E-state index contributed by atoms with van der Waals surface area (Å²) in [6.07, 6.45) is 1.71. The Bertz CT molecular complexity index is 1000. The number of nitrogens with one attached hydrogen (secondary N) is 1. The Kier molecular flexibility index (Phi) is 4.43. The average Bonchev–Trinajstić information content (AvgIpc) is 3.28. The smallest absolute Gasteiger partial charge is 0.322 e. The Balaban J connectivity index is 1.59. The summed E-state index contributed by atoms with van der Waals surface area (Å²) in [6.45, 7) is 0.609. The monoisotopic (exact) mass is 368 g/mol. The van der Waals surface area contributed by atoms with Gasteiger partial charge in [0.2, 0.25) is 0 Å². The number of anilines is 1. The molecule has 0 bridgehead atoms. The van der Waals surface area contributed by atoms with Crippen molar-refractivity contribution in [2.45, 2.75) is 18.9 Å². The van der Waals surface area contributed by atoms with Gasteiger partial charge in [0, 0.05) is 19.7 Å². The molecule has 1 fully saturated rings. The lowest BCUT2D eigenvalue weighted by molar-refractivity contribution is 0.204. The number of imidazole rings is 1. The first-order chi connectivity index (χ1) is 13.1. The molecule has 140 valence electrons. The topological polar surface area (TPSA) is 59.4 Å². The number of nitrogens with zero attached hydrogens (tertiary/aromatic N) is 3. The molecular formula is C20H21FN4O2. The van der Waals surface area contributed by atoms with E-state index < -0.39 is 5.82 Å². The fraction of sp³-hybridized carbons (Fsp3) is 0.300. The van der Waals surface area contributed by atoms with E-state index in [0.717, 1.165) is 29.7 Å². The van der Waals surface area contributed by atoms with Gasteiger partial charge < -0.3 is 19.5 Å². The van der Waals surface area contributed by atoms with Gasteiger partial charge in [0.05, 0.1) is 29.9 Å². The number of aromatic nitrogens is 2. The van der Waals surface area contributed by atoms with Crippen LogP contribution in [-0.4, -0.2) is 34.1 Å².